The first-order valence-electron chi connectivity index (χ1n) is 7.93. The van der Waals surface area contributed by atoms with Crippen molar-refractivity contribution in [2.45, 2.75) is 19.5 Å². The predicted octanol–water partition coefficient (Wildman–Crippen LogP) is 1.93. The van der Waals surface area contributed by atoms with Gasteiger partial charge in [0.1, 0.15) is 12.6 Å². The van der Waals surface area contributed by atoms with Crippen LogP contribution in [0.1, 0.15) is 17.8 Å². The molecule has 0 bridgehead atoms. The molecule has 0 spiro atoms. The summed E-state index contributed by atoms with van der Waals surface area (Å²) in [5, 5.41) is 9.03. The third-order valence-corrected chi connectivity index (χ3v) is 4.26. The number of benzene rings is 1. The molecule has 0 unspecified atom stereocenters. The molecule has 4 rings (SSSR count). The maximum absolute atomic E-state index is 12.9. The van der Waals surface area contributed by atoms with E-state index in [-0.39, 0.29) is 18.5 Å². The standard InChI is InChI=1S/C17H18N4O3/c1-12-18-19-17(24-12)15-11-23-9-8-21(15)16(22)10-20-7-6-13-4-2-3-5-14(13)20/h2-7,15H,8-11H2,1H3/t15-/m0/s1. The number of hydrogen-bond donors (Lipinski definition) is 0. The minimum absolute atomic E-state index is 0.0144. The van der Waals surface area contributed by atoms with E-state index in [9.17, 15) is 4.79 Å². The molecule has 1 aliphatic heterocycles. The molecule has 1 aliphatic rings. The van der Waals surface area contributed by atoms with Crippen LogP contribution in [0.25, 0.3) is 10.9 Å². The number of ether oxygens (including phenoxy) is 1. The average Bonchev–Trinajstić information content (AvgIpc) is 3.22. The van der Waals surface area contributed by atoms with E-state index < -0.39 is 0 Å². The van der Waals surface area contributed by atoms with E-state index in [1.54, 1.807) is 11.8 Å². The summed E-state index contributed by atoms with van der Waals surface area (Å²) in [5.41, 5.74) is 1.05. The van der Waals surface area contributed by atoms with E-state index in [0.717, 1.165) is 10.9 Å². The number of hydrogen-bond acceptors (Lipinski definition) is 5. The Kier molecular flexibility index (Phi) is 3.78. The van der Waals surface area contributed by atoms with Gasteiger partial charge in [-0.05, 0) is 17.5 Å². The monoisotopic (exact) mass is 326 g/mol. The fourth-order valence-corrected chi connectivity index (χ4v) is 3.07. The molecule has 7 heteroatoms. The second-order valence-corrected chi connectivity index (χ2v) is 5.84. The zero-order valence-corrected chi connectivity index (χ0v) is 13.4. The highest BCUT2D eigenvalue weighted by Gasteiger charge is 2.32. The van der Waals surface area contributed by atoms with Gasteiger partial charge in [-0.3, -0.25) is 4.79 Å². The van der Waals surface area contributed by atoms with Crippen LogP contribution in [0.4, 0.5) is 0 Å². The van der Waals surface area contributed by atoms with E-state index in [1.807, 2.05) is 41.1 Å². The van der Waals surface area contributed by atoms with Crippen molar-refractivity contribution in [3.8, 4) is 0 Å². The number of aryl methyl sites for hydroxylation is 1. The lowest BCUT2D eigenvalue weighted by Crippen LogP contribution is -2.44. The molecular weight excluding hydrogens is 308 g/mol. The molecule has 1 saturated heterocycles. The van der Waals surface area contributed by atoms with Gasteiger partial charge in [0.2, 0.25) is 17.7 Å². The summed E-state index contributed by atoms with van der Waals surface area (Å²) >= 11 is 0. The van der Waals surface area contributed by atoms with Crippen LogP contribution >= 0.6 is 0 Å². The molecule has 3 aromatic rings. The molecule has 1 aromatic carbocycles. The van der Waals surface area contributed by atoms with E-state index in [4.69, 9.17) is 9.15 Å². The van der Waals surface area contributed by atoms with Gasteiger partial charge in [-0.15, -0.1) is 10.2 Å². The van der Waals surface area contributed by atoms with Gasteiger partial charge in [-0.1, -0.05) is 18.2 Å². The third-order valence-electron chi connectivity index (χ3n) is 4.26. The number of fused-ring (bicyclic) bond motifs is 1. The molecule has 124 valence electrons. The van der Waals surface area contributed by atoms with Crippen LogP contribution in [0.2, 0.25) is 0 Å². The van der Waals surface area contributed by atoms with Crippen LogP contribution in [0, 0.1) is 6.92 Å². The number of carbonyl (C=O) groups excluding carboxylic acids is 1. The number of morpholine rings is 1. The van der Waals surface area contributed by atoms with Crippen LogP contribution in [0.5, 0.6) is 0 Å². The second-order valence-electron chi connectivity index (χ2n) is 5.84. The Balaban J connectivity index is 1.57. The summed E-state index contributed by atoms with van der Waals surface area (Å²) in [4.78, 5) is 14.6. The van der Waals surface area contributed by atoms with Crippen molar-refractivity contribution in [2.75, 3.05) is 19.8 Å². The van der Waals surface area contributed by atoms with Gasteiger partial charge in [0.15, 0.2) is 0 Å². The van der Waals surface area contributed by atoms with Crippen LogP contribution in [0.15, 0.2) is 40.9 Å². The molecule has 3 heterocycles. The van der Waals surface area contributed by atoms with Crippen LogP contribution in [-0.4, -0.2) is 45.3 Å². The van der Waals surface area contributed by atoms with Crippen molar-refractivity contribution < 1.29 is 13.9 Å². The largest absolute Gasteiger partial charge is 0.423 e. The van der Waals surface area contributed by atoms with Crippen LogP contribution in [0.3, 0.4) is 0 Å². The maximum Gasteiger partial charge on any atom is 0.243 e. The molecule has 0 aliphatic carbocycles. The van der Waals surface area contributed by atoms with Crippen molar-refractivity contribution in [3.63, 3.8) is 0 Å². The molecule has 24 heavy (non-hydrogen) atoms. The predicted molar refractivity (Wildman–Crippen MR) is 86.2 cm³/mol. The Hall–Kier alpha value is -2.67. The Bertz CT molecular complexity index is 869. The summed E-state index contributed by atoms with van der Waals surface area (Å²) in [6, 6.07) is 9.71. The number of aromatic nitrogens is 3. The van der Waals surface area contributed by atoms with Crippen LogP contribution < -0.4 is 0 Å². The summed E-state index contributed by atoms with van der Waals surface area (Å²) < 4.78 is 13.0. The van der Waals surface area contributed by atoms with Crippen LogP contribution in [-0.2, 0) is 16.1 Å². The molecule has 0 radical (unpaired) electrons. The zero-order chi connectivity index (χ0) is 16.5. The number of rotatable bonds is 3. The highest BCUT2D eigenvalue weighted by molar-refractivity contribution is 5.83. The Morgan fingerprint density at radius 2 is 2.17 bits per heavy atom. The molecule has 7 nitrogen and oxygen atoms in total. The summed E-state index contributed by atoms with van der Waals surface area (Å²) in [7, 11) is 0. The highest BCUT2D eigenvalue weighted by atomic mass is 16.5. The SMILES string of the molecule is Cc1nnc([C@@H]2COCCN2C(=O)Cn2ccc3ccccc32)o1. The van der Waals surface area contributed by atoms with E-state index in [2.05, 4.69) is 10.2 Å². The second kappa shape index (κ2) is 6.09. The molecule has 1 atom stereocenters. The molecular formula is C17H18N4O3. The fourth-order valence-electron chi connectivity index (χ4n) is 3.07. The van der Waals surface area contributed by atoms with Gasteiger partial charge in [-0.25, -0.2) is 0 Å². The molecule has 0 N–H and O–H groups in total. The molecule has 1 amide bonds. The van der Waals surface area contributed by atoms with Gasteiger partial charge in [0, 0.05) is 25.2 Å². The minimum Gasteiger partial charge on any atom is -0.423 e. The topological polar surface area (TPSA) is 73.4 Å². The van der Waals surface area contributed by atoms with Crippen molar-refractivity contribution >= 4 is 16.8 Å². The number of para-hydroxylation sites is 1. The van der Waals surface area contributed by atoms with E-state index in [0.29, 0.717) is 31.5 Å². The maximum atomic E-state index is 12.9. The number of carbonyl (C=O) groups is 1. The molecule has 0 saturated carbocycles. The number of nitrogens with zero attached hydrogens (tertiary/aromatic N) is 4. The van der Waals surface area contributed by atoms with Crippen molar-refractivity contribution in [1.82, 2.24) is 19.7 Å². The fraction of sp³-hybridized carbons (Fsp3) is 0.353. The van der Waals surface area contributed by atoms with E-state index >= 15 is 0 Å². The number of amides is 1. The summed E-state index contributed by atoms with van der Waals surface area (Å²) in [6.07, 6.45) is 1.94. The Labute approximate surface area is 138 Å². The van der Waals surface area contributed by atoms with Gasteiger partial charge >= 0.3 is 0 Å². The Morgan fingerprint density at radius 3 is 3.00 bits per heavy atom. The first-order valence-corrected chi connectivity index (χ1v) is 7.93. The first-order chi connectivity index (χ1) is 11.7. The van der Waals surface area contributed by atoms with Gasteiger partial charge in [0.25, 0.3) is 0 Å². The Morgan fingerprint density at radius 1 is 1.29 bits per heavy atom. The smallest absolute Gasteiger partial charge is 0.243 e. The lowest BCUT2D eigenvalue weighted by molar-refractivity contribution is -0.141. The highest BCUT2D eigenvalue weighted by Crippen LogP contribution is 2.24. The lowest BCUT2D eigenvalue weighted by Gasteiger charge is -2.33. The average molecular weight is 326 g/mol. The lowest BCUT2D eigenvalue weighted by atomic mass is 10.2. The first kappa shape index (κ1) is 14.9. The molecule has 1 fully saturated rings. The van der Waals surface area contributed by atoms with Crippen molar-refractivity contribution in [1.29, 1.82) is 0 Å². The zero-order valence-electron chi connectivity index (χ0n) is 13.4. The quantitative estimate of drug-likeness (QED) is 0.735. The minimum atomic E-state index is -0.325. The third kappa shape index (κ3) is 2.67. The normalized spacial score (nSPS) is 18.2. The summed E-state index contributed by atoms with van der Waals surface area (Å²) in [5.74, 6) is 0.929. The van der Waals surface area contributed by atoms with Crippen molar-refractivity contribution in [2.24, 2.45) is 0 Å². The van der Waals surface area contributed by atoms with Gasteiger partial charge in [-0.2, -0.15) is 0 Å². The van der Waals surface area contributed by atoms with Crippen molar-refractivity contribution in [3.05, 3.63) is 48.3 Å². The van der Waals surface area contributed by atoms with Gasteiger partial charge < -0.3 is 18.6 Å². The van der Waals surface area contributed by atoms with Gasteiger partial charge in [0.05, 0.1) is 13.2 Å². The molecule has 2 aromatic heterocycles. The summed E-state index contributed by atoms with van der Waals surface area (Å²) in [6.45, 7) is 3.42. The van der Waals surface area contributed by atoms with E-state index in [1.165, 1.54) is 0 Å².